The van der Waals surface area contributed by atoms with Gasteiger partial charge in [0.05, 0.1) is 11.7 Å². The van der Waals surface area contributed by atoms with Crippen LogP contribution in [0.25, 0.3) is 0 Å². The highest BCUT2D eigenvalue weighted by Gasteiger charge is 2.58. The fourth-order valence-electron chi connectivity index (χ4n) is 9.54. The molecule has 0 amide bonds. The van der Waals surface area contributed by atoms with Gasteiger partial charge in [-0.3, -0.25) is 0 Å². The molecule has 0 aromatic carbocycles. The molecule has 5 aliphatic carbocycles. The van der Waals surface area contributed by atoms with Gasteiger partial charge in [0.25, 0.3) is 0 Å². The van der Waals surface area contributed by atoms with Crippen molar-refractivity contribution in [1.82, 2.24) is 0 Å². The van der Waals surface area contributed by atoms with Gasteiger partial charge >= 0.3 is 0 Å². The van der Waals surface area contributed by atoms with Gasteiger partial charge in [0.1, 0.15) is 0 Å². The molecule has 0 heterocycles. The first-order valence-electron chi connectivity index (χ1n) is 14.1. The third kappa shape index (κ3) is 3.94. The summed E-state index contributed by atoms with van der Waals surface area (Å²) in [7, 11) is 0. The molecule has 0 aromatic rings. The fraction of sp³-hybridized carbons (Fsp3) is 0.933. The van der Waals surface area contributed by atoms with Crippen LogP contribution in [-0.2, 0) is 0 Å². The van der Waals surface area contributed by atoms with Crippen LogP contribution in [0.5, 0.6) is 0 Å². The lowest BCUT2D eigenvalue weighted by atomic mass is 9.47. The van der Waals surface area contributed by atoms with Crippen LogP contribution < -0.4 is 0 Å². The SMILES string of the molecule is CC1(C)CCC(O)(CCC[C@H]2CCC3C4CC=C5CC(O)CCC5(C)C4CCC32C)CC1. The summed E-state index contributed by atoms with van der Waals surface area (Å²) in [6, 6.07) is 0. The van der Waals surface area contributed by atoms with Crippen LogP contribution in [0.2, 0.25) is 0 Å². The molecule has 2 nitrogen and oxygen atoms in total. The fourth-order valence-corrected chi connectivity index (χ4v) is 9.54. The molecule has 182 valence electrons. The Morgan fingerprint density at radius 2 is 1.62 bits per heavy atom. The zero-order chi connectivity index (χ0) is 22.8. The van der Waals surface area contributed by atoms with Crippen molar-refractivity contribution in [2.45, 2.75) is 136 Å². The highest BCUT2D eigenvalue weighted by molar-refractivity contribution is 5.25. The number of fused-ring (bicyclic) bond motifs is 5. The van der Waals surface area contributed by atoms with Crippen molar-refractivity contribution in [1.29, 1.82) is 0 Å². The number of aliphatic hydroxyl groups is 2. The maximum Gasteiger partial charge on any atom is 0.0648 e. The normalized spacial score (nSPS) is 47.2. The van der Waals surface area contributed by atoms with E-state index >= 15 is 0 Å². The van der Waals surface area contributed by atoms with Crippen LogP contribution in [0, 0.1) is 39.9 Å². The molecule has 4 saturated carbocycles. The van der Waals surface area contributed by atoms with Gasteiger partial charge in [0, 0.05) is 0 Å². The molecule has 0 saturated heterocycles. The lowest BCUT2D eigenvalue weighted by molar-refractivity contribution is -0.0545. The second kappa shape index (κ2) is 8.11. The summed E-state index contributed by atoms with van der Waals surface area (Å²) in [5.74, 6) is 3.47. The second-order valence-corrected chi connectivity index (χ2v) is 14.3. The minimum absolute atomic E-state index is 0.0966. The molecule has 4 fully saturated rings. The van der Waals surface area contributed by atoms with E-state index in [9.17, 15) is 10.2 Å². The molecule has 0 spiro atoms. The molecule has 6 unspecified atom stereocenters. The van der Waals surface area contributed by atoms with E-state index in [1.165, 1.54) is 64.2 Å². The first kappa shape index (κ1) is 23.4. The van der Waals surface area contributed by atoms with Crippen molar-refractivity contribution < 1.29 is 10.2 Å². The predicted octanol–water partition coefficient (Wildman–Crippen LogP) is 7.43. The lowest BCUT2D eigenvalue weighted by Gasteiger charge is -2.58. The topological polar surface area (TPSA) is 40.5 Å². The van der Waals surface area contributed by atoms with Gasteiger partial charge in [-0.15, -0.1) is 0 Å². The Balaban J connectivity index is 1.22. The van der Waals surface area contributed by atoms with E-state index < -0.39 is 0 Å². The predicted molar refractivity (Wildman–Crippen MR) is 132 cm³/mol. The molecule has 5 aliphatic rings. The first-order valence-corrected chi connectivity index (χ1v) is 14.1. The minimum Gasteiger partial charge on any atom is -0.393 e. The summed E-state index contributed by atoms with van der Waals surface area (Å²) in [4.78, 5) is 0. The van der Waals surface area contributed by atoms with Gasteiger partial charge in [-0.25, -0.2) is 0 Å². The van der Waals surface area contributed by atoms with Gasteiger partial charge < -0.3 is 10.2 Å². The van der Waals surface area contributed by atoms with Crippen molar-refractivity contribution in [2.75, 3.05) is 0 Å². The molecule has 7 atom stereocenters. The van der Waals surface area contributed by atoms with E-state index in [-0.39, 0.29) is 11.7 Å². The molecule has 2 N–H and O–H groups in total. The number of hydrogen-bond acceptors (Lipinski definition) is 2. The first-order chi connectivity index (χ1) is 15.0. The maximum atomic E-state index is 11.2. The molecule has 0 aliphatic heterocycles. The lowest BCUT2D eigenvalue weighted by Crippen LogP contribution is -2.50. The molecular formula is C30H50O2. The maximum absolute atomic E-state index is 11.2. The van der Waals surface area contributed by atoms with Gasteiger partial charge in [-0.1, -0.05) is 45.8 Å². The Kier molecular flexibility index (Phi) is 5.93. The summed E-state index contributed by atoms with van der Waals surface area (Å²) in [5, 5.41) is 21.4. The van der Waals surface area contributed by atoms with E-state index in [2.05, 4.69) is 33.8 Å². The summed E-state index contributed by atoms with van der Waals surface area (Å²) < 4.78 is 0. The van der Waals surface area contributed by atoms with Crippen LogP contribution in [0.4, 0.5) is 0 Å². The van der Waals surface area contributed by atoms with Crippen molar-refractivity contribution in [3.63, 3.8) is 0 Å². The zero-order valence-corrected chi connectivity index (χ0v) is 21.5. The van der Waals surface area contributed by atoms with Crippen molar-refractivity contribution >= 4 is 0 Å². The summed E-state index contributed by atoms with van der Waals surface area (Å²) in [6.07, 6.45) is 20.5. The van der Waals surface area contributed by atoms with E-state index in [1.54, 1.807) is 5.57 Å². The number of aliphatic hydroxyl groups excluding tert-OH is 1. The molecule has 2 heteroatoms. The standard InChI is InChI=1S/C30H50O2/c1-27(2)16-18-30(32,19-17-27)13-5-6-21-8-10-25-24-9-7-22-20-23(31)11-14-29(22,4)26(24)12-15-28(21,25)3/h7,21,23-26,31-32H,5-6,8-20H2,1-4H3/t21-,23?,24?,25?,26?,28?,29?/m0/s1. The Morgan fingerprint density at radius 1 is 0.875 bits per heavy atom. The molecule has 5 rings (SSSR count). The summed E-state index contributed by atoms with van der Waals surface area (Å²) >= 11 is 0. The Labute approximate surface area is 197 Å². The van der Waals surface area contributed by atoms with Crippen LogP contribution in [-0.4, -0.2) is 21.9 Å². The Morgan fingerprint density at radius 3 is 2.38 bits per heavy atom. The monoisotopic (exact) mass is 442 g/mol. The second-order valence-electron chi connectivity index (χ2n) is 14.3. The van der Waals surface area contributed by atoms with Crippen LogP contribution in [0.3, 0.4) is 0 Å². The van der Waals surface area contributed by atoms with Crippen LogP contribution in [0.15, 0.2) is 11.6 Å². The number of hydrogen-bond donors (Lipinski definition) is 2. The Hall–Kier alpha value is -0.340. The van der Waals surface area contributed by atoms with Gasteiger partial charge in [0.15, 0.2) is 0 Å². The highest BCUT2D eigenvalue weighted by Crippen LogP contribution is 2.66. The largest absolute Gasteiger partial charge is 0.393 e. The molecule has 0 bridgehead atoms. The molecule has 0 radical (unpaired) electrons. The van der Waals surface area contributed by atoms with Gasteiger partial charge in [-0.2, -0.15) is 0 Å². The zero-order valence-electron chi connectivity index (χ0n) is 21.5. The highest BCUT2D eigenvalue weighted by atomic mass is 16.3. The van der Waals surface area contributed by atoms with Crippen LogP contribution >= 0.6 is 0 Å². The average molecular weight is 443 g/mol. The van der Waals surface area contributed by atoms with E-state index in [1.807, 2.05) is 0 Å². The molecular weight excluding hydrogens is 392 g/mol. The number of allylic oxidation sites excluding steroid dienone is 1. The van der Waals surface area contributed by atoms with Crippen LogP contribution in [0.1, 0.15) is 124 Å². The van der Waals surface area contributed by atoms with E-state index in [0.29, 0.717) is 16.2 Å². The smallest absolute Gasteiger partial charge is 0.0648 e. The average Bonchev–Trinajstić information content (AvgIpc) is 3.08. The van der Waals surface area contributed by atoms with Gasteiger partial charge in [-0.05, 0) is 130 Å². The third-order valence-corrected chi connectivity index (χ3v) is 12.0. The van der Waals surface area contributed by atoms with Crippen molar-refractivity contribution in [3.05, 3.63) is 11.6 Å². The number of rotatable bonds is 4. The summed E-state index contributed by atoms with van der Waals surface area (Å²) in [5.41, 5.74) is 2.53. The quantitative estimate of drug-likeness (QED) is 0.444. The molecule has 0 aromatic heterocycles. The summed E-state index contributed by atoms with van der Waals surface area (Å²) in [6.45, 7) is 9.92. The third-order valence-electron chi connectivity index (χ3n) is 12.0. The van der Waals surface area contributed by atoms with E-state index in [0.717, 1.165) is 55.8 Å². The minimum atomic E-state index is -0.378. The van der Waals surface area contributed by atoms with Gasteiger partial charge in [0.2, 0.25) is 0 Å². The molecule has 32 heavy (non-hydrogen) atoms. The van der Waals surface area contributed by atoms with Crippen molar-refractivity contribution in [3.8, 4) is 0 Å². The Bertz CT molecular complexity index is 727. The van der Waals surface area contributed by atoms with Crippen molar-refractivity contribution in [2.24, 2.45) is 39.9 Å². The van der Waals surface area contributed by atoms with E-state index in [4.69, 9.17) is 0 Å².